The molecule has 0 saturated heterocycles. The molecule has 0 aliphatic carbocycles. The van der Waals surface area contributed by atoms with E-state index >= 15 is 0 Å². The van der Waals surface area contributed by atoms with E-state index in [1.807, 2.05) is 18.7 Å². The number of nitrogens with one attached hydrogen (secondary N) is 1. The molecule has 0 bridgehead atoms. The van der Waals surface area contributed by atoms with Gasteiger partial charge in [-0.15, -0.1) is 0 Å². The highest BCUT2D eigenvalue weighted by Crippen LogP contribution is 2.08. The first-order chi connectivity index (χ1) is 7.93. The SMILES string of the molecule is CC(C)N(CCC(=N)N)c1nccn(C)c1=O. The Morgan fingerprint density at radius 2 is 2.29 bits per heavy atom. The second kappa shape index (κ2) is 5.47. The van der Waals surface area contributed by atoms with Gasteiger partial charge in [-0.2, -0.15) is 0 Å². The molecule has 0 aliphatic heterocycles. The van der Waals surface area contributed by atoms with Crippen LogP contribution < -0.4 is 16.2 Å². The van der Waals surface area contributed by atoms with Crippen LogP contribution in [0.2, 0.25) is 0 Å². The zero-order valence-electron chi connectivity index (χ0n) is 10.5. The second-order valence-electron chi connectivity index (χ2n) is 4.23. The van der Waals surface area contributed by atoms with Crippen LogP contribution in [0.1, 0.15) is 20.3 Å². The van der Waals surface area contributed by atoms with Gasteiger partial charge in [0.05, 0.1) is 5.84 Å². The molecule has 6 heteroatoms. The summed E-state index contributed by atoms with van der Waals surface area (Å²) in [4.78, 5) is 17.9. The maximum atomic E-state index is 11.9. The molecule has 0 radical (unpaired) electrons. The average Bonchev–Trinajstić information content (AvgIpc) is 2.23. The number of hydrogen-bond acceptors (Lipinski definition) is 4. The van der Waals surface area contributed by atoms with Crippen molar-refractivity contribution in [3.8, 4) is 0 Å². The van der Waals surface area contributed by atoms with E-state index in [4.69, 9.17) is 11.1 Å². The van der Waals surface area contributed by atoms with Gasteiger partial charge in [-0.3, -0.25) is 10.2 Å². The molecule has 3 N–H and O–H groups in total. The minimum atomic E-state index is -0.134. The summed E-state index contributed by atoms with van der Waals surface area (Å²) in [5, 5.41) is 7.23. The third-order valence-electron chi connectivity index (χ3n) is 2.52. The predicted molar refractivity (Wildman–Crippen MR) is 68.5 cm³/mol. The summed E-state index contributed by atoms with van der Waals surface area (Å²) in [6.07, 6.45) is 3.65. The van der Waals surface area contributed by atoms with Crippen molar-refractivity contribution >= 4 is 11.7 Å². The van der Waals surface area contributed by atoms with E-state index in [9.17, 15) is 4.79 Å². The Bertz CT molecular complexity index is 451. The Morgan fingerprint density at radius 1 is 1.65 bits per heavy atom. The molecule has 1 aromatic heterocycles. The monoisotopic (exact) mass is 237 g/mol. The highest BCUT2D eigenvalue weighted by Gasteiger charge is 2.16. The highest BCUT2D eigenvalue weighted by molar-refractivity contribution is 5.77. The molecule has 1 heterocycles. The fourth-order valence-electron chi connectivity index (χ4n) is 1.53. The summed E-state index contributed by atoms with van der Waals surface area (Å²) < 4.78 is 1.49. The number of amidine groups is 1. The lowest BCUT2D eigenvalue weighted by atomic mass is 10.2. The molecule has 1 aromatic rings. The van der Waals surface area contributed by atoms with Crippen LogP contribution >= 0.6 is 0 Å². The van der Waals surface area contributed by atoms with Crippen LogP contribution in [0, 0.1) is 5.41 Å². The van der Waals surface area contributed by atoms with E-state index in [-0.39, 0.29) is 17.4 Å². The Labute approximate surface area is 101 Å². The molecule has 6 nitrogen and oxygen atoms in total. The van der Waals surface area contributed by atoms with Gasteiger partial charge < -0.3 is 15.2 Å². The molecule has 0 spiro atoms. The molecule has 0 atom stereocenters. The first kappa shape index (κ1) is 13.2. The van der Waals surface area contributed by atoms with Crippen LogP contribution in [0.25, 0.3) is 0 Å². The van der Waals surface area contributed by atoms with E-state index < -0.39 is 0 Å². The summed E-state index contributed by atoms with van der Waals surface area (Å²) >= 11 is 0. The largest absolute Gasteiger partial charge is 0.388 e. The average molecular weight is 237 g/mol. The molecule has 0 saturated carbocycles. The number of hydrogen-bond donors (Lipinski definition) is 2. The summed E-state index contributed by atoms with van der Waals surface area (Å²) in [6.45, 7) is 4.49. The molecule has 94 valence electrons. The van der Waals surface area contributed by atoms with Crippen LogP contribution in [0.4, 0.5) is 5.82 Å². The topological polar surface area (TPSA) is 88.0 Å². The third kappa shape index (κ3) is 3.30. The maximum Gasteiger partial charge on any atom is 0.293 e. The smallest absolute Gasteiger partial charge is 0.293 e. The number of aromatic nitrogens is 2. The fraction of sp³-hybridized carbons (Fsp3) is 0.545. The third-order valence-corrected chi connectivity index (χ3v) is 2.52. The predicted octanol–water partition coefficient (Wildman–Crippen LogP) is 0.321. The van der Waals surface area contributed by atoms with Crippen LogP contribution in [-0.4, -0.2) is 28.0 Å². The Balaban J connectivity index is 3.02. The van der Waals surface area contributed by atoms with E-state index in [1.54, 1.807) is 19.4 Å². The zero-order valence-corrected chi connectivity index (χ0v) is 10.5. The molecule has 1 rings (SSSR count). The van der Waals surface area contributed by atoms with Crippen LogP contribution in [0.15, 0.2) is 17.2 Å². The lowest BCUT2D eigenvalue weighted by Crippen LogP contribution is -2.39. The Morgan fingerprint density at radius 3 is 2.82 bits per heavy atom. The van der Waals surface area contributed by atoms with Crippen LogP contribution in [-0.2, 0) is 7.05 Å². The summed E-state index contributed by atoms with van der Waals surface area (Å²) in [5.74, 6) is 0.523. The van der Waals surface area contributed by atoms with Gasteiger partial charge in [0, 0.05) is 38.4 Å². The molecule has 0 unspecified atom stereocenters. The Kier molecular flexibility index (Phi) is 4.25. The summed E-state index contributed by atoms with van der Waals surface area (Å²) in [7, 11) is 1.69. The second-order valence-corrected chi connectivity index (χ2v) is 4.23. The number of nitrogens with two attached hydrogens (primary N) is 1. The minimum absolute atomic E-state index is 0.114. The molecule has 0 fully saturated rings. The van der Waals surface area contributed by atoms with Gasteiger partial charge in [-0.1, -0.05) is 0 Å². The molecule has 0 aromatic carbocycles. The molecule has 0 aliphatic rings. The van der Waals surface area contributed by atoms with Crippen molar-refractivity contribution in [2.45, 2.75) is 26.3 Å². The molecular weight excluding hydrogens is 218 g/mol. The highest BCUT2D eigenvalue weighted by atomic mass is 16.1. The quantitative estimate of drug-likeness (QED) is 0.570. The van der Waals surface area contributed by atoms with Gasteiger partial charge in [0.25, 0.3) is 5.56 Å². The van der Waals surface area contributed by atoms with Crippen LogP contribution in [0.5, 0.6) is 0 Å². The number of nitrogens with zero attached hydrogens (tertiary/aromatic N) is 3. The van der Waals surface area contributed by atoms with Crippen molar-refractivity contribution in [1.82, 2.24) is 9.55 Å². The van der Waals surface area contributed by atoms with Crippen molar-refractivity contribution in [3.05, 3.63) is 22.7 Å². The van der Waals surface area contributed by atoms with Gasteiger partial charge in [0.15, 0.2) is 5.82 Å². The van der Waals surface area contributed by atoms with Crippen molar-refractivity contribution < 1.29 is 0 Å². The zero-order chi connectivity index (χ0) is 13.0. The molecule has 17 heavy (non-hydrogen) atoms. The van der Waals surface area contributed by atoms with Crippen molar-refractivity contribution in [2.24, 2.45) is 12.8 Å². The van der Waals surface area contributed by atoms with Gasteiger partial charge in [0.1, 0.15) is 0 Å². The normalized spacial score (nSPS) is 10.6. The lowest BCUT2D eigenvalue weighted by molar-refractivity contribution is 0.665. The van der Waals surface area contributed by atoms with E-state index in [0.29, 0.717) is 18.8 Å². The number of anilines is 1. The van der Waals surface area contributed by atoms with Crippen molar-refractivity contribution in [1.29, 1.82) is 5.41 Å². The Hall–Kier alpha value is -1.85. The van der Waals surface area contributed by atoms with Crippen molar-refractivity contribution in [3.63, 3.8) is 0 Å². The lowest BCUT2D eigenvalue weighted by Gasteiger charge is -2.27. The van der Waals surface area contributed by atoms with Gasteiger partial charge >= 0.3 is 0 Å². The number of rotatable bonds is 5. The fourth-order valence-corrected chi connectivity index (χ4v) is 1.53. The van der Waals surface area contributed by atoms with Gasteiger partial charge in [-0.25, -0.2) is 4.98 Å². The van der Waals surface area contributed by atoms with Crippen molar-refractivity contribution in [2.75, 3.05) is 11.4 Å². The van der Waals surface area contributed by atoms with Crippen LogP contribution in [0.3, 0.4) is 0 Å². The summed E-state index contributed by atoms with van der Waals surface area (Å²) in [6, 6.07) is 0.136. The maximum absolute atomic E-state index is 11.9. The van der Waals surface area contributed by atoms with E-state index in [2.05, 4.69) is 4.98 Å². The number of aryl methyl sites for hydroxylation is 1. The van der Waals surface area contributed by atoms with Gasteiger partial charge in [0.2, 0.25) is 0 Å². The first-order valence-corrected chi connectivity index (χ1v) is 5.54. The van der Waals surface area contributed by atoms with E-state index in [1.165, 1.54) is 4.57 Å². The first-order valence-electron chi connectivity index (χ1n) is 5.54. The van der Waals surface area contributed by atoms with Gasteiger partial charge in [-0.05, 0) is 13.8 Å². The van der Waals surface area contributed by atoms with E-state index in [0.717, 1.165) is 0 Å². The molecule has 0 amide bonds. The summed E-state index contributed by atoms with van der Waals surface area (Å²) in [5.41, 5.74) is 5.21. The molecular formula is C11H19N5O. The minimum Gasteiger partial charge on any atom is -0.388 e. The standard InChI is InChI=1S/C11H19N5O/c1-8(2)16(6-4-9(12)13)10-11(17)15(3)7-5-14-10/h5,7-8H,4,6H2,1-3H3,(H3,12,13).